The molecule has 1 aliphatic rings. The molecule has 36 heteroatoms. The quantitative estimate of drug-likeness (QED) is 0.0786. The van der Waals surface area contributed by atoms with Crippen molar-refractivity contribution in [3.63, 3.8) is 0 Å². The molecule has 1 saturated heterocycles. The third-order valence-electron chi connectivity index (χ3n) is 16.7. The lowest BCUT2D eigenvalue weighted by atomic mass is 9.97. The molecular formula is C77H139N7O29. The number of hydrogen-bond acceptors (Lipinski definition) is 31. The lowest BCUT2D eigenvalue weighted by Crippen LogP contribution is -2.58. The summed E-state index contributed by atoms with van der Waals surface area (Å²) in [5.41, 5.74) is 1.35. The van der Waals surface area contributed by atoms with E-state index in [9.17, 15) is 24.0 Å². The fraction of sp³-hybridized carbons (Fsp3) is 0.844. The molecule has 1 aromatic heterocycles. The van der Waals surface area contributed by atoms with E-state index < -0.39 is 18.0 Å². The van der Waals surface area contributed by atoms with Gasteiger partial charge in [-0.05, 0) is 43.4 Å². The van der Waals surface area contributed by atoms with E-state index in [4.69, 9.17) is 114 Å². The number of fused-ring (bicyclic) bond motifs is 1. The molecule has 3 N–H and O–H groups in total. The van der Waals surface area contributed by atoms with Crippen LogP contribution in [0.2, 0.25) is 0 Å². The number of carbonyl (C=O) groups is 4. The molecule has 2 aromatic rings. The number of hydrogen-bond donors (Lipinski definition) is 3. The SMILES string of the molecule is CC[C@H](C)[C@H](NC(C)=O)C(=O)N[C@@H](CCCCNC(=O)CCOCCOCCOCCOCCOCCOCCOCCOCCOCCOCCOCCOCCOCCOCCOCCOCCOCCOCCOCCOCCOCCOCCOCCOC)C(=O)N1CCN(c2ccc3ncn(C)c(=O)c3c2)CC1. The van der Waals surface area contributed by atoms with Crippen LogP contribution in [-0.2, 0) is 140 Å². The summed E-state index contributed by atoms with van der Waals surface area (Å²) in [6, 6.07) is 3.97. The molecule has 0 aliphatic carbocycles. The van der Waals surface area contributed by atoms with Gasteiger partial charge in [-0.2, -0.15) is 0 Å². The molecular weight excluding hydrogens is 1490 g/mol. The van der Waals surface area contributed by atoms with Gasteiger partial charge >= 0.3 is 0 Å². The Morgan fingerprint density at radius 3 is 1.04 bits per heavy atom. The van der Waals surface area contributed by atoms with Crippen LogP contribution in [0.25, 0.3) is 10.9 Å². The zero-order valence-electron chi connectivity index (χ0n) is 68.5. The second kappa shape index (κ2) is 75.8. The number of methoxy groups -OCH3 is 1. The highest BCUT2D eigenvalue weighted by Gasteiger charge is 2.33. The maximum Gasteiger partial charge on any atom is 0.260 e. The molecule has 0 unspecified atom stereocenters. The number of benzene rings is 1. The fourth-order valence-corrected chi connectivity index (χ4v) is 10.3. The Kier molecular flexibility index (Phi) is 68.6. The highest BCUT2D eigenvalue weighted by molar-refractivity contribution is 5.92. The second-order valence-corrected chi connectivity index (χ2v) is 25.5. The molecule has 3 rings (SSSR count). The van der Waals surface area contributed by atoms with E-state index >= 15 is 0 Å². The monoisotopic (exact) mass is 1630 g/mol. The number of unbranched alkanes of at least 4 members (excludes halogenated alkanes) is 1. The maximum absolute atomic E-state index is 14.1. The predicted octanol–water partition coefficient (Wildman–Crippen LogP) is 1.32. The Hall–Kier alpha value is -4.92. The number of piperazine rings is 1. The molecule has 0 bridgehead atoms. The summed E-state index contributed by atoms with van der Waals surface area (Å²) in [5.74, 6) is -1.27. The van der Waals surface area contributed by atoms with Crippen LogP contribution in [0.3, 0.4) is 0 Å². The lowest BCUT2D eigenvalue weighted by molar-refractivity contribution is -0.138. The van der Waals surface area contributed by atoms with Crippen molar-refractivity contribution in [2.45, 2.75) is 65.0 Å². The summed E-state index contributed by atoms with van der Waals surface area (Å²) < 4.78 is 133. The Bertz CT molecular complexity index is 2610. The topological polar surface area (TPSA) is 367 Å². The highest BCUT2D eigenvalue weighted by atomic mass is 16.6. The number of anilines is 1. The molecule has 4 amide bonds. The van der Waals surface area contributed by atoms with Crippen LogP contribution in [0, 0.1) is 5.92 Å². The minimum atomic E-state index is -0.828. The number of aryl methyl sites for hydroxylation is 1. The van der Waals surface area contributed by atoms with E-state index in [1.165, 1.54) is 17.8 Å². The molecule has 1 aromatic carbocycles. The first-order valence-corrected chi connectivity index (χ1v) is 40.2. The lowest BCUT2D eigenvalue weighted by Gasteiger charge is -2.38. The predicted molar refractivity (Wildman–Crippen MR) is 417 cm³/mol. The smallest absolute Gasteiger partial charge is 0.260 e. The Morgan fingerprint density at radius 1 is 0.425 bits per heavy atom. The minimum absolute atomic E-state index is 0.134. The van der Waals surface area contributed by atoms with E-state index in [-0.39, 0.29) is 42.2 Å². The number of aromatic nitrogens is 2. The van der Waals surface area contributed by atoms with E-state index in [0.29, 0.717) is 373 Å². The standard InChI is InChI=1S/C77H139N7O29/c1-6-67(2)74(80-68(3)85)75(87)81-72(77(89)84-16-14-83(15-17-84)69-10-11-71-70(65-69)76(88)82(4)66-79-71)9-7-8-13-78-73(86)12-18-91-21-22-93-25-26-95-29-30-97-33-34-99-37-38-101-41-42-103-45-46-105-49-50-107-53-54-109-57-58-111-61-62-113-64-63-112-60-59-110-56-55-108-52-51-106-48-47-104-44-43-102-40-39-100-36-35-98-32-31-96-28-27-94-24-23-92-20-19-90-5/h10-11,65-67,72,74H,6-9,12-64H2,1-5H3,(H,78,86)(H,80,85)(H,81,87)/t67-,72-,74-/m0/s1. The highest BCUT2D eigenvalue weighted by Crippen LogP contribution is 2.21. The van der Waals surface area contributed by atoms with E-state index in [1.807, 2.05) is 32.0 Å². The van der Waals surface area contributed by atoms with Crippen molar-refractivity contribution in [2.24, 2.45) is 13.0 Å². The van der Waals surface area contributed by atoms with Gasteiger partial charge in [-0.25, -0.2) is 4.98 Å². The Labute approximate surface area is 669 Å². The van der Waals surface area contributed by atoms with Gasteiger partial charge in [0.15, 0.2) is 0 Å². The number of ether oxygens (including phenoxy) is 24. The number of carbonyl (C=O) groups excluding carboxylic acids is 4. The number of rotatable bonds is 84. The van der Waals surface area contributed by atoms with Gasteiger partial charge < -0.3 is 144 Å². The zero-order valence-corrected chi connectivity index (χ0v) is 68.5. The van der Waals surface area contributed by atoms with Gasteiger partial charge in [0.2, 0.25) is 23.6 Å². The summed E-state index contributed by atoms with van der Waals surface area (Å²) in [6.45, 7) is 29.4. The molecule has 1 aliphatic heterocycles. The molecule has 656 valence electrons. The van der Waals surface area contributed by atoms with Gasteiger partial charge in [0.25, 0.3) is 5.56 Å². The third kappa shape index (κ3) is 58.6. The van der Waals surface area contributed by atoms with Crippen LogP contribution in [0.4, 0.5) is 5.69 Å². The minimum Gasteiger partial charge on any atom is -0.382 e. The number of amides is 4. The van der Waals surface area contributed by atoms with E-state index in [0.717, 1.165) is 5.69 Å². The van der Waals surface area contributed by atoms with Gasteiger partial charge in [-0.1, -0.05) is 20.3 Å². The summed E-state index contributed by atoms with van der Waals surface area (Å²) in [5, 5.41) is 9.14. The van der Waals surface area contributed by atoms with Crippen molar-refractivity contribution in [3.05, 3.63) is 34.9 Å². The van der Waals surface area contributed by atoms with Gasteiger partial charge in [0.05, 0.1) is 328 Å². The van der Waals surface area contributed by atoms with Crippen LogP contribution in [-0.4, -0.2) is 401 Å². The van der Waals surface area contributed by atoms with Crippen LogP contribution < -0.4 is 26.4 Å². The molecule has 3 atom stereocenters. The average molecular weight is 1630 g/mol. The molecule has 36 nitrogen and oxygen atoms in total. The molecule has 1 fully saturated rings. The summed E-state index contributed by atoms with van der Waals surface area (Å²) in [7, 11) is 3.30. The first-order valence-electron chi connectivity index (χ1n) is 40.2. The average Bonchev–Trinajstić information content (AvgIpc) is 0.793. The Balaban J connectivity index is 0.943. The van der Waals surface area contributed by atoms with Crippen molar-refractivity contribution < 1.29 is 133 Å². The summed E-state index contributed by atoms with van der Waals surface area (Å²) in [6.07, 6.45) is 3.81. The first-order chi connectivity index (χ1) is 55.5. The van der Waals surface area contributed by atoms with Crippen LogP contribution in [0.1, 0.15) is 52.9 Å². The molecule has 2 heterocycles. The number of nitrogens with one attached hydrogen (secondary N) is 3. The van der Waals surface area contributed by atoms with Crippen molar-refractivity contribution in [1.29, 1.82) is 0 Å². The van der Waals surface area contributed by atoms with Crippen LogP contribution >= 0.6 is 0 Å². The van der Waals surface area contributed by atoms with Crippen molar-refractivity contribution in [2.75, 3.05) is 355 Å². The van der Waals surface area contributed by atoms with Crippen molar-refractivity contribution in [1.82, 2.24) is 30.4 Å². The summed E-state index contributed by atoms with van der Waals surface area (Å²) in [4.78, 5) is 73.3. The largest absolute Gasteiger partial charge is 0.382 e. The first kappa shape index (κ1) is 102. The Morgan fingerprint density at radius 2 is 0.735 bits per heavy atom. The molecule has 0 saturated carbocycles. The molecule has 0 spiro atoms. The normalized spacial score (nSPS) is 13.3. The van der Waals surface area contributed by atoms with Gasteiger partial charge in [-0.15, -0.1) is 0 Å². The van der Waals surface area contributed by atoms with E-state index in [1.54, 1.807) is 19.1 Å². The third-order valence-corrected chi connectivity index (χ3v) is 16.7. The molecule has 0 radical (unpaired) electrons. The van der Waals surface area contributed by atoms with E-state index in [2.05, 4.69) is 25.8 Å². The van der Waals surface area contributed by atoms with Gasteiger partial charge in [-0.3, -0.25) is 24.0 Å². The fourth-order valence-electron chi connectivity index (χ4n) is 10.3. The molecule has 113 heavy (non-hydrogen) atoms. The summed E-state index contributed by atoms with van der Waals surface area (Å²) >= 11 is 0. The van der Waals surface area contributed by atoms with Crippen molar-refractivity contribution in [3.8, 4) is 0 Å². The maximum atomic E-state index is 14.1. The van der Waals surface area contributed by atoms with Gasteiger partial charge in [0.1, 0.15) is 12.1 Å². The van der Waals surface area contributed by atoms with Gasteiger partial charge in [0, 0.05) is 65.9 Å². The van der Waals surface area contributed by atoms with Crippen LogP contribution in [0.5, 0.6) is 0 Å². The van der Waals surface area contributed by atoms with Crippen LogP contribution in [0.15, 0.2) is 29.3 Å². The zero-order chi connectivity index (χ0) is 81.0. The number of nitrogens with zero attached hydrogens (tertiary/aromatic N) is 4. The van der Waals surface area contributed by atoms with Crippen molar-refractivity contribution >= 4 is 40.2 Å². The second-order valence-electron chi connectivity index (χ2n) is 25.5.